The molecule has 1 aromatic carbocycles. The molecule has 0 saturated heterocycles. The van der Waals surface area contributed by atoms with Crippen molar-refractivity contribution in [1.29, 1.82) is 0 Å². The Balaban J connectivity index is 0.00000312. The van der Waals surface area contributed by atoms with Crippen molar-refractivity contribution in [2.45, 2.75) is 57.2 Å². The summed E-state index contributed by atoms with van der Waals surface area (Å²) in [6.45, 7) is 3.95. The first-order valence-electron chi connectivity index (χ1n) is 8.30. The average Bonchev–Trinajstić information content (AvgIpc) is 2.52. The molecule has 1 amide bonds. The molecule has 142 valence electrons. The number of halogens is 4. The van der Waals surface area contributed by atoms with Gasteiger partial charge in [0.15, 0.2) is 0 Å². The Morgan fingerprint density at radius 1 is 1.24 bits per heavy atom. The minimum Gasteiger partial charge on any atom is -0.355 e. The molecule has 3 nitrogen and oxygen atoms in total. The third-order valence-electron chi connectivity index (χ3n) is 4.76. The zero-order chi connectivity index (χ0) is 18.0. The number of hydrogen-bond acceptors (Lipinski definition) is 2. The van der Waals surface area contributed by atoms with E-state index in [0.717, 1.165) is 31.4 Å². The maximum Gasteiger partial charge on any atom is 0.416 e. The van der Waals surface area contributed by atoms with Crippen LogP contribution in [-0.2, 0) is 16.4 Å². The fraction of sp³-hybridized carbons (Fsp3) is 0.611. The van der Waals surface area contributed by atoms with Crippen molar-refractivity contribution in [3.05, 3.63) is 35.4 Å². The predicted octanol–water partition coefficient (Wildman–Crippen LogP) is 4.04. The van der Waals surface area contributed by atoms with E-state index in [-0.39, 0.29) is 30.3 Å². The summed E-state index contributed by atoms with van der Waals surface area (Å²) < 4.78 is 38.6. The van der Waals surface area contributed by atoms with Crippen molar-refractivity contribution >= 4 is 18.3 Å². The topological polar surface area (TPSA) is 55.1 Å². The Kier molecular flexibility index (Phi) is 7.32. The standard InChI is InChI=1S/C18H25F3N2O.ClH/c1-17(2,13-6-4-7-14(10-13)18(19,20)21)11-23-16(24)12-5-3-8-15(22)9-12;/h4,6-7,10,12,15H,3,5,8-9,11,22H2,1-2H3,(H,23,24);1H. The van der Waals surface area contributed by atoms with Crippen LogP contribution in [0.25, 0.3) is 0 Å². The van der Waals surface area contributed by atoms with Crippen LogP contribution in [0.15, 0.2) is 24.3 Å². The van der Waals surface area contributed by atoms with Crippen LogP contribution in [0, 0.1) is 5.92 Å². The van der Waals surface area contributed by atoms with Crippen LogP contribution in [-0.4, -0.2) is 18.5 Å². The largest absolute Gasteiger partial charge is 0.416 e. The van der Waals surface area contributed by atoms with Gasteiger partial charge in [0.05, 0.1) is 5.56 Å². The van der Waals surface area contributed by atoms with Gasteiger partial charge in [0, 0.05) is 23.9 Å². The van der Waals surface area contributed by atoms with E-state index in [9.17, 15) is 18.0 Å². The van der Waals surface area contributed by atoms with Crippen molar-refractivity contribution in [1.82, 2.24) is 5.32 Å². The van der Waals surface area contributed by atoms with Gasteiger partial charge in [-0.3, -0.25) is 4.79 Å². The van der Waals surface area contributed by atoms with Gasteiger partial charge in [0.25, 0.3) is 0 Å². The van der Waals surface area contributed by atoms with Gasteiger partial charge in [-0.15, -0.1) is 12.4 Å². The molecular weight excluding hydrogens is 353 g/mol. The number of rotatable bonds is 4. The van der Waals surface area contributed by atoms with E-state index in [1.54, 1.807) is 6.07 Å². The molecule has 1 fully saturated rings. The van der Waals surface area contributed by atoms with Gasteiger partial charge in [0.2, 0.25) is 5.91 Å². The smallest absolute Gasteiger partial charge is 0.355 e. The number of benzene rings is 1. The molecule has 2 unspecified atom stereocenters. The molecule has 0 aromatic heterocycles. The summed E-state index contributed by atoms with van der Waals surface area (Å²) in [7, 11) is 0. The molecular formula is C18H26ClF3N2O. The molecule has 2 atom stereocenters. The predicted molar refractivity (Wildman–Crippen MR) is 94.7 cm³/mol. The van der Waals surface area contributed by atoms with Crippen LogP contribution in [0.4, 0.5) is 13.2 Å². The zero-order valence-corrected chi connectivity index (χ0v) is 15.3. The summed E-state index contributed by atoms with van der Waals surface area (Å²) in [6.07, 6.45) is -0.983. The van der Waals surface area contributed by atoms with Gasteiger partial charge < -0.3 is 11.1 Å². The summed E-state index contributed by atoms with van der Waals surface area (Å²) in [5.74, 6) is -0.142. The SMILES string of the molecule is CC(C)(CNC(=O)C1CCCC(N)C1)c1cccc(C(F)(F)F)c1.Cl. The molecule has 1 aliphatic carbocycles. The molecule has 0 spiro atoms. The second-order valence-electron chi connectivity index (χ2n) is 7.30. The molecule has 3 N–H and O–H groups in total. The molecule has 2 rings (SSSR count). The van der Waals surface area contributed by atoms with E-state index in [4.69, 9.17) is 5.73 Å². The fourth-order valence-electron chi connectivity index (χ4n) is 3.14. The third-order valence-corrected chi connectivity index (χ3v) is 4.76. The van der Waals surface area contributed by atoms with Gasteiger partial charge >= 0.3 is 6.18 Å². The number of carbonyl (C=O) groups is 1. The van der Waals surface area contributed by atoms with Gasteiger partial charge in [0.1, 0.15) is 0 Å². The van der Waals surface area contributed by atoms with Crippen molar-refractivity contribution in [3.63, 3.8) is 0 Å². The number of nitrogens with two attached hydrogens (primary N) is 1. The van der Waals surface area contributed by atoms with Gasteiger partial charge in [-0.2, -0.15) is 13.2 Å². The first-order chi connectivity index (χ1) is 11.1. The van der Waals surface area contributed by atoms with E-state index in [1.165, 1.54) is 6.07 Å². The lowest BCUT2D eigenvalue weighted by molar-refractivity contribution is -0.137. The van der Waals surface area contributed by atoms with Crippen LogP contribution in [0.1, 0.15) is 50.7 Å². The minimum absolute atomic E-state index is 0. The van der Waals surface area contributed by atoms with Crippen LogP contribution < -0.4 is 11.1 Å². The lowest BCUT2D eigenvalue weighted by Crippen LogP contribution is -2.42. The molecule has 1 saturated carbocycles. The second kappa shape index (κ2) is 8.41. The Morgan fingerprint density at radius 3 is 2.48 bits per heavy atom. The van der Waals surface area contributed by atoms with Crippen LogP contribution in [0.2, 0.25) is 0 Å². The van der Waals surface area contributed by atoms with Crippen LogP contribution in [0.3, 0.4) is 0 Å². The fourth-order valence-corrected chi connectivity index (χ4v) is 3.14. The molecule has 0 aliphatic heterocycles. The Labute approximate surface area is 153 Å². The molecule has 1 aromatic rings. The maximum absolute atomic E-state index is 12.9. The highest BCUT2D eigenvalue weighted by molar-refractivity contribution is 5.85. The van der Waals surface area contributed by atoms with Crippen molar-refractivity contribution in [2.75, 3.05) is 6.54 Å². The van der Waals surface area contributed by atoms with Gasteiger partial charge in [-0.25, -0.2) is 0 Å². The lowest BCUT2D eigenvalue weighted by Gasteiger charge is -2.29. The first-order valence-corrected chi connectivity index (χ1v) is 8.30. The van der Waals surface area contributed by atoms with E-state index in [2.05, 4.69) is 5.32 Å². The monoisotopic (exact) mass is 378 g/mol. The third kappa shape index (κ3) is 5.89. The highest BCUT2D eigenvalue weighted by Crippen LogP contribution is 2.32. The van der Waals surface area contributed by atoms with E-state index >= 15 is 0 Å². The summed E-state index contributed by atoms with van der Waals surface area (Å²) in [5.41, 5.74) is 5.20. The van der Waals surface area contributed by atoms with Gasteiger partial charge in [-0.05, 0) is 30.9 Å². The summed E-state index contributed by atoms with van der Waals surface area (Å²) in [4.78, 5) is 12.3. The van der Waals surface area contributed by atoms with Crippen molar-refractivity contribution < 1.29 is 18.0 Å². The molecule has 7 heteroatoms. The number of nitrogens with one attached hydrogen (secondary N) is 1. The number of carbonyl (C=O) groups excluding carboxylic acids is 1. The number of amides is 1. The Bertz CT molecular complexity index is 590. The maximum atomic E-state index is 12.9. The quantitative estimate of drug-likeness (QED) is 0.830. The summed E-state index contributed by atoms with van der Waals surface area (Å²) in [6, 6.07) is 5.34. The molecule has 0 radical (unpaired) electrons. The number of alkyl halides is 3. The average molecular weight is 379 g/mol. The van der Waals surface area contributed by atoms with Gasteiger partial charge in [-0.1, -0.05) is 38.5 Å². The first kappa shape index (κ1) is 21.8. The summed E-state index contributed by atoms with van der Waals surface area (Å²) >= 11 is 0. The highest BCUT2D eigenvalue weighted by atomic mass is 35.5. The molecule has 25 heavy (non-hydrogen) atoms. The normalized spacial score (nSPS) is 21.4. The minimum atomic E-state index is -4.37. The second-order valence-corrected chi connectivity index (χ2v) is 7.30. The summed E-state index contributed by atoms with van der Waals surface area (Å²) in [5, 5.41) is 2.89. The van der Waals surface area contributed by atoms with E-state index < -0.39 is 17.2 Å². The van der Waals surface area contributed by atoms with Crippen LogP contribution >= 0.6 is 12.4 Å². The zero-order valence-electron chi connectivity index (χ0n) is 14.5. The number of hydrogen-bond donors (Lipinski definition) is 2. The van der Waals surface area contributed by atoms with E-state index in [0.29, 0.717) is 18.5 Å². The highest BCUT2D eigenvalue weighted by Gasteiger charge is 2.33. The van der Waals surface area contributed by atoms with E-state index in [1.807, 2.05) is 13.8 Å². The van der Waals surface area contributed by atoms with Crippen molar-refractivity contribution in [2.24, 2.45) is 11.7 Å². The van der Waals surface area contributed by atoms with Crippen molar-refractivity contribution in [3.8, 4) is 0 Å². The van der Waals surface area contributed by atoms with Crippen LogP contribution in [0.5, 0.6) is 0 Å². The molecule has 1 aliphatic rings. The lowest BCUT2D eigenvalue weighted by atomic mass is 9.82. The molecule has 0 bridgehead atoms. The Morgan fingerprint density at radius 2 is 1.88 bits per heavy atom. The Hall–Kier alpha value is -1.27. The molecule has 0 heterocycles.